The van der Waals surface area contributed by atoms with Gasteiger partial charge in [-0.3, -0.25) is 9.59 Å². The molecule has 0 saturated carbocycles. The van der Waals surface area contributed by atoms with Gasteiger partial charge in [0.05, 0.1) is 6.10 Å². The standard InChI is InChI=1S/C28H29NO6/c1-19-15-25(20(2)29(19)16-24-9-6-14-33-24)26(30)17-35-27(31)18-34-23-12-10-22(11-13-23)28(32)21-7-4-3-5-8-21/h3-5,7-8,10-13,15,24H,6,9,14,16-18H2,1-2H3. The molecule has 4 rings (SSSR count). The molecule has 0 aliphatic carbocycles. The summed E-state index contributed by atoms with van der Waals surface area (Å²) in [4.78, 5) is 37.3. The van der Waals surface area contributed by atoms with Gasteiger partial charge >= 0.3 is 5.97 Å². The minimum atomic E-state index is -0.643. The van der Waals surface area contributed by atoms with Crippen LogP contribution in [0.3, 0.4) is 0 Å². The summed E-state index contributed by atoms with van der Waals surface area (Å²) in [6.45, 7) is 4.66. The average Bonchev–Trinajstić information content (AvgIpc) is 3.50. The molecular formula is C28H29NO6. The lowest BCUT2D eigenvalue weighted by Gasteiger charge is -2.14. The Morgan fingerprint density at radius 2 is 1.69 bits per heavy atom. The number of ketones is 2. The van der Waals surface area contributed by atoms with Crippen molar-refractivity contribution in [1.82, 2.24) is 4.57 Å². The lowest BCUT2D eigenvalue weighted by atomic mass is 10.0. The maximum atomic E-state index is 12.7. The van der Waals surface area contributed by atoms with E-state index in [1.165, 1.54) is 0 Å². The third-order valence-corrected chi connectivity index (χ3v) is 6.16. The van der Waals surface area contributed by atoms with Gasteiger partial charge < -0.3 is 18.8 Å². The molecule has 3 aromatic rings. The Balaban J connectivity index is 1.26. The molecule has 0 spiro atoms. The van der Waals surface area contributed by atoms with Gasteiger partial charge in [0.25, 0.3) is 0 Å². The van der Waals surface area contributed by atoms with Crippen LogP contribution < -0.4 is 4.74 Å². The molecule has 1 aromatic heterocycles. The van der Waals surface area contributed by atoms with Crippen molar-refractivity contribution in [1.29, 1.82) is 0 Å². The van der Waals surface area contributed by atoms with Crippen LogP contribution in [0.25, 0.3) is 0 Å². The van der Waals surface area contributed by atoms with Crippen molar-refractivity contribution in [3.8, 4) is 5.75 Å². The predicted molar refractivity (Wildman–Crippen MR) is 130 cm³/mol. The number of hydrogen-bond donors (Lipinski definition) is 0. The van der Waals surface area contributed by atoms with Crippen LogP contribution in [0.2, 0.25) is 0 Å². The normalized spacial score (nSPS) is 15.1. The Hall–Kier alpha value is -3.71. The van der Waals surface area contributed by atoms with E-state index in [0.29, 0.717) is 29.0 Å². The van der Waals surface area contributed by atoms with Gasteiger partial charge in [-0.05, 0) is 57.0 Å². The first kappa shape index (κ1) is 24.4. The zero-order valence-corrected chi connectivity index (χ0v) is 20.0. The van der Waals surface area contributed by atoms with E-state index in [0.717, 1.165) is 30.8 Å². The molecule has 35 heavy (non-hydrogen) atoms. The summed E-state index contributed by atoms with van der Waals surface area (Å²) in [5.41, 5.74) is 3.49. The van der Waals surface area contributed by atoms with Gasteiger partial charge in [-0.25, -0.2) is 4.79 Å². The molecule has 0 amide bonds. The lowest BCUT2D eigenvalue weighted by Crippen LogP contribution is -2.20. The predicted octanol–water partition coefficient (Wildman–Crippen LogP) is 4.32. The highest BCUT2D eigenvalue weighted by Crippen LogP contribution is 2.21. The summed E-state index contributed by atoms with van der Waals surface area (Å²) in [5.74, 6) is -0.564. The van der Waals surface area contributed by atoms with E-state index in [1.54, 1.807) is 36.4 Å². The lowest BCUT2D eigenvalue weighted by molar-refractivity contribution is -0.144. The van der Waals surface area contributed by atoms with Crippen molar-refractivity contribution in [3.63, 3.8) is 0 Å². The van der Waals surface area contributed by atoms with Crippen LogP contribution in [0.15, 0.2) is 60.7 Å². The summed E-state index contributed by atoms with van der Waals surface area (Å²) in [6.07, 6.45) is 2.25. The fourth-order valence-corrected chi connectivity index (χ4v) is 4.22. The third-order valence-electron chi connectivity index (χ3n) is 6.16. The van der Waals surface area contributed by atoms with E-state index in [4.69, 9.17) is 14.2 Å². The number of aryl methyl sites for hydroxylation is 1. The number of Topliss-reactive ketones (excluding diaryl/α,β-unsaturated/α-hetero) is 1. The van der Waals surface area contributed by atoms with Crippen molar-refractivity contribution in [2.75, 3.05) is 19.8 Å². The first-order valence-electron chi connectivity index (χ1n) is 11.7. The number of hydrogen-bond acceptors (Lipinski definition) is 6. The molecule has 182 valence electrons. The summed E-state index contributed by atoms with van der Waals surface area (Å²) in [5, 5.41) is 0. The van der Waals surface area contributed by atoms with E-state index in [9.17, 15) is 14.4 Å². The number of ether oxygens (including phenoxy) is 3. The average molecular weight is 476 g/mol. The summed E-state index contributed by atoms with van der Waals surface area (Å²) in [6, 6.07) is 17.3. The van der Waals surface area contributed by atoms with Crippen molar-refractivity contribution in [2.24, 2.45) is 0 Å². The van der Waals surface area contributed by atoms with Crippen molar-refractivity contribution >= 4 is 17.5 Å². The molecule has 0 bridgehead atoms. The molecule has 7 heteroatoms. The fraction of sp³-hybridized carbons (Fsp3) is 0.321. The minimum absolute atomic E-state index is 0.0924. The molecule has 1 aliphatic rings. The molecule has 1 saturated heterocycles. The van der Waals surface area contributed by atoms with Crippen molar-refractivity contribution in [3.05, 3.63) is 88.7 Å². The summed E-state index contributed by atoms with van der Waals surface area (Å²) in [7, 11) is 0. The Labute approximate surface area is 204 Å². The van der Waals surface area contributed by atoms with Crippen LogP contribution in [0.5, 0.6) is 5.75 Å². The summed E-state index contributed by atoms with van der Waals surface area (Å²) >= 11 is 0. The maximum Gasteiger partial charge on any atom is 0.344 e. The number of nitrogens with zero attached hydrogens (tertiary/aromatic N) is 1. The van der Waals surface area contributed by atoms with Gasteiger partial charge in [-0.2, -0.15) is 0 Å². The van der Waals surface area contributed by atoms with Crippen molar-refractivity contribution in [2.45, 2.75) is 39.3 Å². The van der Waals surface area contributed by atoms with E-state index in [-0.39, 0.29) is 30.9 Å². The summed E-state index contributed by atoms with van der Waals surface area (Å²) < 4.78 is 18.4. The Kier molecular flexibility index (Phi) is 7.77. The highest BCUT2D eigenvalue weighted by Gasteiger charge is 2.21. The van der Waals surface area contributed by atoms with Gasteiger partial charge in [0, 0.05) is 41.2 Å². The van der Waals surface area contributed by atoms with E-state index >= 15 is 0 Å². The van der Waals surface area contributed by atoms with Crippen LogP contribution in [0.4, 0.5) is 0 Å². The fourth-order valence-electron chi connectivity index (χ4n) is 4.22. The number of benzene rings is 2. The monoisotopic (exact) mass is 475 g/mol. The van der Waals surface area contributed by atoms with Crippen LogP contribution in [0, 0.1) is 13.8 Å². The highest BCUT2D eigenvalue weighted by molar-refractivity contribution is 6.09. The molecule has 7 nitrogen and oxygen atoms in total. The largest absolute Gasteiger partial charge is 0.482 e. The highest BCUT2D eigenvalue weighted by atomic mass is 16.6. The third kappa shape index (κ3) is 6.05. The number of esters is 1. The van der Waals surface area contributed by atoms with Gasteiger partial charge in [0.15, 0.2) is 19.0 Å². The molecule has 0 radical (unpaired) electrons. The first-order valence-corrected chi connectivity index (χ1v) is 11.7. The molecule has 2 aromatic carbocycles. The van der Waals surface area contributed by atoms with Crippen LogP contribution in [0.1, 0.15) is 50.5 Å². The SMILES string of the molecule is Cc1cc(C(=O)COC(=O)COc2ccc(C(=O)c3ccccc3)cc2)c(C)n1CC1CCCO1. The van der Waals surface area contributed by atoms with E-state index in [2.05, 4.69) is 4.57 Å². The zero-order chi connectivity index (χ0) is 24.8. The second kappa shape index (κ2) is 11.1. The number of rotatable bonds is 10. The molecule has 1 fully saturated rings. The van der Waals surface area contributed by atoms with Crippen molar-refractivity contribution < 1.29 is 28.6 Å². The van der Waals surface area contributed by atoms with Crippen LogP contribution in [-0.2, 0) is 20.8 Å². The van der Waals surface area contributed by atoms with Crippen LogP contribution >= 0.6 is 0 Å². The molecule has 1 aliphatic heterocycles. The molecule has 1 unspecified atom stereocenters. The quantitative estimate of drug-likeness (QED) is 0.321. The topological polar surface area (TPSA) is 83.8 Å². The van der Waals surface area contributed by atoms with Gasteiger partial charge in [-0.1, -0.05) is 30.3 Å². The first-order chi connectivity index (χ1) is 16.9. The smallest absolute Gasteiger partial charge is 0.344 e. The maximum absolute atomic E-state index is 12.7. The van der Waals surface area contributed by atoms with E-state index < -0.39 is 5.97 Å². The Morgan fingerprint density at radius 3 is 2.37 bits per heavy atom. The number of carbonyl (C=O) groups is 3. The number of aromatic nitrogens is 1. The Morgan fingerprint density at radius 1 is 0.971 bits per heavy atom. The second-order valence-corrected chi connectivity index (χ2v) is 8.62. The molecule has 0 N–H and O–H groups in total. The zero-order valence-electron chi connectivity index (χ0n) is 20.0. The molecule has 2 heterocycles. The minimum Gasteiger partial charge on any atom is -0.482 e. The van der Waals surface area contributed by atoms with Gasteiger partial charge in [0.2, 0.25) is 5.78 Å². The van der Waals surface area contributed by atoms with Crippen LogP contribution in [-0.4, -0.2) is 48.0 Å². The molecular weight excluding hydrogens is 446 g/mol. The van der Waals surface area contributed by atoms with Gasteiger partial charge in [0.1, 0.15) is 5.75 Å². The Bertz CT molecular complexity index is 1190. The second-order valence-electron chi connectivity index (χ2n) is 8.62. The molecule has 1 atom stereocenters. The van der Waals surface area contributed by atoms with Gasteiger partial charge in [-0.15, -0.1) is 0 Å². The number of carbonyl (C=O) groups excluding carboxylic acids is 3. The van der Waals surface area contributed by atoms with E-state index in [1.807, 2.05) is 38.1 Å².